The first-order valence-electron chi connectivity index (χ1n) is 18.2. The largest absolute Gasteiger partial charge is 0.493 e. The van der Waals surface area contributed by atoms with Crippen molar-refractivity contribution in [2.24, 2.45) is 5.92 Å². The van der Waals surface area contributed by atoms with Crippen LogP contribution in [0.2, 0.25) is 15.1 Å². The van der Waals surface area contributed by atoms with Crippen LogP contribution in [0.25, 0.3) is 0 Å². The molecule has 3 unspecified atom stereocenters. The molecule has 6 rings (SSSR count). The van der Waals surface area contributed by atoms with Crippen LogP contribution in [0, 0.1) is 12.8 Å². The van der Waals surface area contributed by atoms with E-state index in [4.69, 9.17) is 53.8 Å². The molecule has 54 heavy (non-hydrogen) atoms. The minimum absolute atomic E-state index is 0.0349. The second kappa shape index (κ2) is 16.3. The van der Waals surface area contributed by atoms with Crippen LogP contribution in [0.5, 0.6) is 23.0 Å². The Morgan fingerprint density at radius 2 is 1.20 bits per heavy atom. The molecule has 3 atom stereocenters. The molecule has 2 saturated heterocycles. The minimum atomic E-state index is -1.23. The van der Waals surface area contributed by atoms with Crippen molar-refractivity contribution in [1.29, 1.82) is 0 Å². The van der Waals surface area contributed by atoms with Gasteiger partial charge >= 0.3 is 0 Å². The zero-order valence-corrected chi connectivity index (χ0v) is 33.8. The molecular weight excluding hydrogens is 747 g/mol. The van der Waals surface area contributed by atoms with Gasteiger partial charge in [-0.3, -0.25) is 9.59 Å². The molecule has 286 valence electrons. The molecule has 0 spiro atoms. The Balaban J connectivity index is 1.19. The maximum atomic E-state index is 14.4. The third-order valence-corrected chi connectivity index (χ3v) is 10.9. The predicted molar refractivity (Wildman–Crippen MR) is 213 cm³/mol. The molecule has 4 aromatic carbocycles. The van der Waals surface area contributed by atoms with E-state index in [1.165, 1.54) is 7.11 Å². The van der Waals surface area contributed by atoms with Gasteiger partial charge in [0.25, 0.3) is 11.8 Å². The number of amides is 2. The summed E-state index contributed by atoms with van der Waals surface area (Å²) in [7, 11) is 1.53. The van der Waals surface area contributed by atoms with E-state index in [1.807, 2.05) is 41.0 Å². The smallest absolute Gasteiger partial charge is 0.266 e. The third-order valence-electron chi connectivity index (χ3n) is 10.1. The van der Waals surface area contributed by atoms with Gasteiger partial charge in [0.2, 0.25) is 0 Å². The number of methoxy groups -OCH3 is 1. The highest BCUT2D eigenvalue weighted by atomic mass is 35.5. The molecule has 0 N–H and O–H groups in total. The van der Waals surface area contributed by atoms with Crippen LogP contribution in [0.3, 0.4) is 0 Å². The second-order valence-electron chi connectivity index (χ2n) is 15.1. The molecule has 0 saturated carbocycles. The summed E-state index contributed by atoms with van der Waals surface area (Å²) in [5.41, 5.74) is 0.778. The van der Waals surface area contributed by atoms with Gasteiger partial charge in [0.15, 0.2) is 34.2 Å². The molecule has 2 fully saturated rings. The van der Waals surface area contributed by atoms with E-state index in [-0.39, 0.29) is 36.4 Å². The molecule has 4 aromatic rings. The molecule has 2 aliphatic heterocycles. The quantitative estimate of drug-likeness (QED) is 0.142. The molecule has 0 aliphatic carbocycles. The van der Waals surface area contributed by atoms with E-state index in [0.29, 0.717) is 57.6 Å². The summed E-state index contributed by atoms with van der Waals surface area (Å²) in [6, 6.07) is 25.9. The van der Waals surface area contributed by atoms with Crippen LogP contribution in [-0.2, 0) is 9.59 Å². The zero-order valence-electron chi connectivity index (χ0n) is 31.5. The number of halogens is 3. The fourth-order valence-corrected chi connectivity index (χ4v) is 7.81. The van der Waals surface area contributed by atoms with Crippen LogP contribution in [0.1, 0.15) is 75.7 Å². The molecule has 2 heterocycles. The number of hydrogen-bond acceptors (Lipinski definition) is 6. The Hall–Kier alpha value is -4.11. The average molecular weight is 794 g/mol. The summed E-state index contributed by atoms with van der Waals surface area (Å²) >= 11 is 18.8. The Bertz CT molecular complexity index is 1970. The lowest BCUT2D eigenvalue weighted by Crippen LogP contribution is -2.49. The summed E-state index contributed by atoms with van der Waals surface area (Å²) in [5.74, 6) is 1.38. The van der Waals surface area contributed by atoms with Crippen LogP contribution >= 0.6 is 34.8 Å². The van der Waals surface area contributed by atoms with E-state index in [0.717, 1.165) is 29.5 Å². The SMILES string of the molecule is COc1cc(Cl)ccc1OC(C)(C)C(=O)N1CC(COc2cc(Cl)ccc2OC(C)(C)C(=O)N2CCCC2c2ccc(Cl)cc2)CC1c1ccc(C)cc1. The maximum Gasteiger partial charge on any atom is 0.266 e. The van der Waals surface area contributed by atoms with Crippen molar-refractivity contribution in [3.05, 3.63) is 117 Å². The lowest BCUT2D eigenvalue weighted by molar-refractivity contribution is -0.147. The van der Waals surface area contributed by atoms with Crippen molar-refractivity contribution in [3.8, 4) is 23.0 Å². The van der Waals surface area contributed by atoms with E-state index >= 15 is 0 Å². The Labute approximate surface area is 333 Å². The standard InChI is InChI=1S/C43H47Cl3N2O6/c1-27-9-11-30(12-10-27)35-22-28(25-48(35)41(50)43(4,5)53-36-19-17-32(45)23-38(36)51-6)26-52-39-24-33(46)18-20-37(39)54-42(2,3)40(49)47-21-7-8-34(47)29-13-15-31(44)16-14-29/h9-20,23-24,28,34-35H,7-8,21-22,25-26H2,1-6H3. The van der Waals surface area contributed by atoms with Crippen molar-refractivity contribution < 1.29 is 28.5 Å². The highest BCUT2D eigenvalue weighted by Crippen LogP contribution is 2.42. The topological polar surface area (TPSA) is 77.5 Å². The first-order chi connectivity index (χ1) is 25.6. The number of carbonyl (C=O) groups is 2. The molecular formula is C43H47Cl3N2O6. The minimum Gasteiger partial charge on any atom is -0.493 e. The molecule has 0 radical (unpaired) electrons. The number of rotatable bonds is 12. The van der Waals surface area contributed by atoms with Crippen molar-refractivity contribution >= 4 is 46.6 Å². The molecule has 0 bridgehead atoms. The van der Waals surface area contributed by atoms with Crippen LogP contribution < -0.4 is 18.9 Å². The number of ether oxygens (including phenoxy) is 4. The predicted octanol–water partition coefficient (Wildman–Crippen LogP) is 10.3. The first kappa shape index (κ1) is 39.6. The van der Waals surface area contributed by atoms with E-state index in [1.54, 1.807) is 64.1 Å². The second-order valence-corrected chi connectivity index (χ2v) is 16.4. The van der Waals surface area contributed by atoms with Gasteiger partial charge in [0.1, 0.15) is 0 Å². The number of hydrogen-bond donors (Lipinski definition) is 0. The number of likely N-dealkylation sites (tertiary alicyclic amines) is 2. The highest BCUT2D eigenvalue weighted by Gasteiger charge is 2.44. The summed E-state index contributed by atoms with van der Waals surface area (Å²) in [5, 5.41) is 1.63. The first-order valence-corrected chi connectivity index (χ1v) is 19.4. The van der Waals surface area contributed by atoms with Crippen LogP contribution in [-0.4, -0.2) is 59.6 Å². The lowest BCUT2D eigenvalue weighted by Gasteiger charge is -2.34. The number of carbonyl (C=O) groups excluding carboxylic acids is 2. The van der Waals surface area contributed by atoms with Crippen molar-refractivity contribution in [2.45, 2.75) is 77.2 Å². The normalized spacial score (nSPS) is 18.8. The molecule has 11 heteroatoms. The summed E-state index contributed by atoms with van der Waals surface area (Å²) < 4.78 is 24.7. The fourth-order valence-electron chi connectivity index (χ4n) is 7.36. The van der Waals surface area contributed by atoms with Crippen molar-refractivity contribution in [1.82, 2.24) is 9.80 Å². The van der Waals surface area contributed by atoms with E-state index in [9.17, 15) is 9.59 Å². The number of aryl methyl sites for hydroxylation is 1. The van der Waals surface area contributed by atoms with Gasteiger partial charge in [-0.25, -0.2) is 0 Å². The summed E-state index contributed by atoms with van der Waals surface area (Å²) in [6.45, 7) is 10.5. The van der Waals surface area contributed by atoms with E-state index in [2.05, 4.69) is 24.3 Å². The average Bonchev–Trinajstić information content (AvgIpc) is 3.80. The third kappa shape index (κ3) is 8.88. The molecule has 8 nitrogen and oxygen atoms in total. The Kier molecular flexibility index (Phi) is 12.0. The number of benzene rings is 4. The Morgan fingerprint density at radius 3 is 1.81 bits per heavy atom. The number of nitrogens with zero attached hydrogens (tertiary/aromatic N) is 2. The van der Waals surface area contributed by atoms with Crippen LogP contribution in [0.4, 0.5) is 0 Å². The van der Waals surface area contributed by atoms with Crippen molar-refractivity contribution in [2.75, 3.05) is 26.8 Å². The highest BCUT2D eigenvalue weighted by molar-refractivity contribution is 6.31. The summed E-state index contributed by atoms with van der Waals surface area (Å²) in [6.07, 6.45) is 2.42. The van der Waals surface area contributed by atoms with Gasteiger partial charge in [-0.2, -0.15) is 0 Å². The maximum absolute atomic E-state index is 14.4. The van der Waals surface area contributed by atoms with Gasteiger partial charge in [0.05, 0.1) is 25.8 Å². The lowest BCUT2D eigenvalue weighted by atomic mass is 9.98. The Morgan fingerprint density at radius 1 is 0.685 bits per heavy atom. The van der Waals surface area contributed by atoms with Gasteiger partial charge < -0.3 is 28.7 Å². The van der Waals surface area contributed by atoms with Gasteiger partial charge in [-0.1, -0.05) is 76.8 Å². The van der Waals surface area contributed by atoms with Gasteiger partial charge in [-0.05, 0) is 101 Å². The van der Waals surface area contributed by atoms with E-state index < -0.39 is 11.2 Å². The van der Waals surface area contributed by atoms with Crippen molar-refractivity contribution in [3.63, 3.8) is 0 Å². The van der Waals surface area contributed by atoms with Gasteiger partial charge in [-0.15, -0.1) is 0 Å². The zero-order chi connectivity index (χ0) is 38.8. The summed E-state index contributed by atoms with van der Waals surface area (Å²) in [4.78, 5) is 32.2. The molecule has 0 aromatic heterocycles. The monoisotopic (exact) mass is 792 g/mol. The molecule has 2 aliphatic rings. The molecule has 2 amide bonds. The fraction of sp³-hybridized carbons (Fsp3) is 0.395. The van der Waals surface area contributed by atoms with Crippen LogP contribution in [0.15, 0.2) is 84.9 Å². The van der Waals surface area contributed by atoms with Gasteiger partial charge in [0, 0.05) is 46.2 Å².